The van der Waals surface area contributed by atoms with E-state index < -0.39 is 10.0 Å². The second-order valence-corrected chi connectivity index (χ2v) is 9.57. The zero-order valence-corrected chi connectivity index (χ0v) is 17.6. The van der Waals surface area contributed by atoms with Crippen LogP contribution >= 0.6 is 0 Å². The summed E-state index contributed by atoms with van der Waals surface area (Å²) < 4.78 is 29.2. The number of hydrogen-bond donors (Lipinski definition) is 1. The smallest absolute Gasteiger partial charge is 0.264 e. The molecule has 0 aliphatic carbocycles. The van der Waals surface area contributed by atoms with Crippen molar-refractivity contribution in [1.82, 2.24) is 5.32 Å². The standard InChI is InChI=1S/C24H25N3O2S/c28-30(29,20-10-5-2-6-11-20)27-23-13-7-12-22(26-16-14-25-15-17-26)21(23)18-24(27)19-8-3-1-4-9-19/h1-13,24-25H,14-18H2. The largest absolute Gasteiger partial charge is 0.369 e. The molecule has 0 bridgehead atoms. The van der Waals surface area contributed by atoms with Gasteiger partial charge in [-0.05, 0) is 29.8 Å². The van der Waals surface area contributed by atoms with Crippen LogP contribution in [0.5, 0.6) is 0 Å². The summed E-state index contributed by atoms with van der Waals surface area (Å²) in [5, 5.41) is 3.39. The van der Waals surface area contributed by atoms with Gasteiger partial charge in [-0.15, -0.1) is 0 Å². The van der Waals surface area contributed by atoms with E-state index in [0.29, 0.717) is 11.3 Å². The van der Waals surface area contributed by atoms with Crippen molar-refractivity contribution in [2.24, 2.45) is 0 Å². The van der Waals surface area contributed by atoms with E-state index in [1.165, 1.54) is 0 Å². The van der Waals surface area contributed by atoms with Gasteiger partial charge in [0, 0.05) is 43.9 Å². The fraction of sp³-hybridized carbons (Fsp3) is 0.250. The Morgan fingerprint density at radius 3 is 2.10 bits per heavy atom. The molecule has 1 fully saturated rings. The molecule has 0 amide bonds. The quantitative estimate of drug-likeness (QED) is 0.702. The molecule has 0 saturated carbocycles. The van der Waals surface area contributed by atoms with E-state index in [1.54, 1.807) is 28.6 Å². The maximum Gasteiger partial charge on any atom is 0.264 e. The zero-order chi connectivity index (χ0) is 20.6. The molecule has 2 aliphatic heterocycles. The number of nitrogens with zero attached hydrogens (tertiary/aromatic N) is 2. The lowest BCUT2D eigenvalue weighted by molar-refractivity contribution is 0.581. The summed E-state index contributed by atoms with van der Waals surface area (Å²) in [5.74, 6) is 0. The summed E-state index contributed by atoms with van der Waals surface area (Å²) in [5.41, 5.74) is 4.08. The number of benzene rings is 3. The van der Waals surface area contributed by atoms with E-state index in [-0.39, 0.29) is 6.04 Å². The molecule has 0 spiro atoms. The highest BCUT2D eigenvalue weighted by molar-refractivity contribution is 7.92. The van der Waals surface area contributed by atoms with Gasteiger partial charge in [0.1, 0.15) is 0 Å². The van der Waals surface area contributed by atoms with Crippen molar-refractivity contribution < 1.29 is 8.42 Å². The third-order valence-electron chi connectivity index (χ3n) is 5.99. The fourth-order valence-corrected chi connectivity index (χ4v) is 6.25. The highest BCUT2D eigenvalue weighted by atomic mass is 32.2. The maximum atomic E-state index is 13.8. The van der Waals surface area contributed by atoms with Crippen LogP contribution < -0.4 is 14.5 Å². The number of rotatable bonds is 4. The summed E-state index contributed by atoms with van der Waals surface area (Å²) in [6, 6.07) is 24.5. The van der Waals surface area contributed by atoms with Gasteiger partial charge in [0.25, 0.3) is 10.0 Å². The van der Waals surface area contributed by atoms with Crippen molar-refractivity contribution in [3.05, 3.63) is 90.0 Å². The van der Waals surface area contributed by atoms with Crippen LogP contribution in [0.4, 0.5) is 11.4 Å². The minimum absolute atomic E-state index is 0.254. The summed E-state index contributed by atoms with van der Waals surface area (Å²) in [4.78, 5) is 2.70. The molecule has 154 valence electrons. The van der Waals surface area contributed by atoms with Gasteiger partial charge in [-0.2, -0.15) is 0 Å². The molecule has 1 unspecified atom stereocenters. The fourth-order valence-electron chi connectivity index (χ4n) is 4.56. The van der Waals surface area contributed by atoms with E-state index in [0.717, 1.165) is 48.7 Å². The summed E-state index contributed by atoms with van der Waals surface area (Å²) in [6.45, 7) is 3.74. The molecule has 3 aromatic rings. The van der Waals surface area contributed by atoms with Crippen LogP contribution in [-0.2, 0) is 16.4 Å². The average molecular weight is 420 g/mol. The minimum Gasteiger partial charge on any atom is -0.369 e. The van der Waals surface area contributed by atoms with Gasteiger partial charge in [-0.1, -0.05) is 54.6 Å². The molecular formula is C24H25N3O2S. The van der Waals surface area contributed by atoms with Crippen LogP contribution in [0.3, 0.4) is 0 Å². The monoisotopic (exact) mass is 419 g/mol. The first kappa shape index (κ1) is 19.2. The molecule has 5 rings (SSSR count). The van der Waals surface area contributed by atoms with Gasteiger partial charge >= 0.3 is 0 Å². The second kappa shape index (κ2) is 7.78. The molecule has 5 nitrogen and oxygen atoms in total. The van der Waals surface area contributed by atoms with Crippen LogP contribution in [0, 0.1) is 0 Å². The van der Waals surface area contributed by atoms with E-state index in [1.807, 2.05) is 48.5 Å². The molecule has 3 aromatic carbocycles. The Labute approximate surface area is 178 Å². The van der Waals surface area contributed by atoms with E-state index in [2.05, 4.69) is 16.3 Å². The predicted molar refractivity (Wildman–Crippen MR) is 121 cm³/mol. The van der Waals surface area contributed by atoms with Crippen molar-refractivity contribution in [2.75, 3.05) is 35.4 Å². The first-order valence-electron chi connectivity index (χ1n) is 10.4. The molecule has 2 heterocycles. The topological polar surface area (TPSA) is 52.7 Å². The molecule has 1 saturated heterocycles. The Morgan fingerprint density at radius 2 is 1.40 bits per heavy atom. The number of anilines is 2. The number of sulfonamides is 1. The van der Waals surface area contributed by atoms with E-state index >= 15 is 0 Å². The number of piperazine rings is 1. The molecule has 0 radical (unpaired) electrons. The molecule has 0 aromatic heterocycles. The Bertz CT molecular complexity index is 1130. The molecule has 2 aliphatic rings. The Hall–Kier alpha value is -2.83. The predicted octanol–water partition coefficient (Wildman–Crippen LogP) is 3.59. The van der Waals surface area contributed by atoms with Gasteiger partial charge in [-0.3, -0.25) is 4.31 Å². The zero-order valence-electron chi connectivity index (χ0n) is 16.7. The van der Waals surface area contributed by atoms with Crippen molar-refractivity contribution in [2.45, 2.75) is 17.4 Å². The minimum atomic E-state index is -3.69. The lowest BCUT2D eigenvalue weighted by Crippen LogP contribution is -2.43. The van der Waals surface area contributed by atoms with Gasteiger partial charge in [0.2, 0.25) is 0 Å². The van der Waals surface area contributed by atoms with Crippen molar-refractivity contribution in [3.63, 3.8) is 0 Å². The normalized spacial score (nSPS) is 19.0. The van der Waals surface area contributed by atoms with Gasteiger partial charge in [0.05, 0.1) is 16.6 Å². The molecular weight excluding hydrogens is 394 g/mol. The van der Waals surface area contributed by atoms with Crippen LogP contribution in [0.15, 0.2) is 83.8 Å². The number of fused-ring (bicyclic) bond motifs is 1. The molecule has 1 atom stereocenters. The van der Waals surface area contributed by atoms with Crippen LogP contribution in [-0.4, -0.2) is 34.6 Å². The highest BCUT2D eigenvalue weighted by Gasteiger charge is 2.40. The summed E-state index contributed by atoms with van der Waals surface area (Å²) >= 11 is 0. The van der Waals surface area contributed by atoms with Crippen LogP contribution in [0.25, 0.3) is 0 Å². The van der Waals surface area contributed by atoms with Crippen LogP contribution in [0.1, 0.15) is 17.2 Å². The van der Waals surface area contributed by atoms with Crippen molar-refractivity contribution in [1.29, 1.82) is 0 Å². The lowest BCUT2D eigenvalue weighted by atomic mass is 10.0. The van der Waals surface area contributed by atoms with Gasteiger partial charge in [0.15, 0.2) is 0 Å². The third-order valence-corrected chi connectivity index (χ3v) is 7.82. The number of nitrogens with one attached hydrogen (secondary N) is 1. The Morgan fingerprint density at radius 1 is 0.767 bits per heavy atom. The second-order valence-electron chi connectivity index (χ2n) is 7.76. The molecule has 30 heavy (non-hydrogen) atoms. The number of hydrogen-bond acceptors (Lipinski definition) is 4. The van der Waals surface area contributed by atoms with Crippen molar-refractivity contribution in [3.8, 4) is 0 Å². The van der Waals surface area contributed by atoms with E-state index in [4.69, 9.17) is 0 Å². The SMILES string of the molecule is O=S(=O)(c1ccccc1)N1c2cccc(N3CCNCC3)c2CC1c1ccccc1. The Balaban J connectivity index is 1.66. The van der Waals surface area contributed by atoms with Gasteiger partial charge < -0.3 is 10.2 Å². The summed E-state index contributed by atoms with van der Waals surface area (Å²) in [6.07, 6.45) is 0.672. The average Bonchev–Trinajstić information content (AvgIpc) is 3.21. The first-order chi connectivity index (χ1) is 14.7. The lowest BCUT2D eigenvalue weighted by Gasteiger charge is -2.31. The Kier molecular flexibility index (Phi) is 4.97. The maximum absolute atomic E-state index is 13.8. The first-order valence-corrected chi connectivity index (χ1v) is 11.8. The van der Waals surface area contributed by atoms with E-state index in [9.17, 15) is 8.42 Å². The van der Waals surface area contributed by atoms with Crippen LogP contribution in [0.2, 0.25) is 0 Å². The third kappa shape index (κ3) is 3.26. The molecule has 6 heteroatoms. The van der Waals surface area contributed by atoms with Crippen molar-refractivity contribution >= 4 is 21.4 Å². The van der Waals surface area contributed by atoms with Gasteiger partial charge in [-0.25, -0.2) is 8.42 Å². The highest BCUT2D eigenvalue weighted by Crippen LogP contribution is 2.47. The molecule has 1 N–H and O–H groups in total. The summed E-state index contributed by atoms with van der Waals surface area (Å²) in [7, 11) is -3.69.